The molecule has 0 amide bonds. The molecule has 1 aliphatic heterocycles. The predicted octanol–water partition coefficient (Wildman–Crippen LogP) is 0.534. The summed E-state index contributed by atoms with van der Waals surface area (Å²) in [4.78, 5) is 4.01. The van der Waals surface area contributed by atoms with Crippen LogP contribution in [0.2, 0.25) is 0 Å². The van der Waals surface area contributed by atoms with E-state index in [-0.39, 0.29) is 12.4 Å². The Morgan fingerprint density at radius 2 is 2.10 bits per heavy atom. The summed E-state index contributed by atoms with van der Waals surface area (Å²) in [6.07, 6.45) is 4.40. The summed E-state index contributed by atoms with van der Waals surface area (Å²) in [7, 11) is -3.53. The highest BCUT2D eigenvalue weighted by Gasteiger charge is 2.23. The van der Waals surface area contributed by atoms with Gasteiger partial charge in [0.15, 0.2) is 0 Å². The second-order valence-electron chi connectivity index (χ2n) is 4.50. The molecule has 3 N–H and O–H groups in total. The summed E-state index contributed by atoms with van der Waals surface area (Å²) >= 11 is 0. The topological polar surface area (TPSA) is 88.3 Å². The molecule has 20 heavy (non-hydrogen) atoms. The molecule has 0 spiro atoms. The molecule has 0 radical (unpaired) electrons. The highest BCUT2D eigenvalue weighted by atomic mass is 32.2. The van der Waals surface area contributed by atoms with Crippen molar-refractivity contribution >= 4 is 16.0 Å². The van der Waals surface area contributed by atoms with Crippen LogP contribution in [0.4, 0.5) is 5.82 Å². The molecule has 2 rings (SSSR count). The van der Waals surface area contributed by atoms with Crippen molar-refractivity contribution in [2.45, 2.75) is 19.3 Å². The predicted molar refractivity (Wildman–Crippen MR) is 78.1 cm³/mol. The van der Waals surface area contributed by atoms with Crippen LogP contribution >= 0.6 is 0 Å². The number of pyridine rings is 1. The molecule has 6 nitrogen and oxygen atoms in total. The van der Waals surface area contributed by atoms with Crippen LogP contribution in [0.5, 0.6) is 0 Å². The van der Waals surface area contributed by atoms with E-state index in [0.717, 1.165) is 19.3 Å². The molecule has 1 aromatic rings. The smallest absolute Gasteiger partial charge is 0.302 e. The lowest BCUT2D eigenvalue weighted by atomic mass is 10.2. The maximum Gasteiger partial charge on any atom is 0.302 e. The van der Waals surface area contributed by atoms with Crippen LogP contribution in [0.25, 0.3) is 0 Å². The normalized spacial score (nSPS) is 16.2. The number of nitrogens with one attached hydrogen (secondary N) is 1. The van der Waals surface area contributed by atoms with Crippen molar-refractivity contribution < 1.29 is 8.42 Å². The van der Waals surface area contributed by atoms with Crippen molar-refractivity contribution in [3.8, 4) is 11.8 Å². The first-order valence-electron chi connectivity index (χ1n) is 6.55. The first kappa shape index (κ1) is 14.8. The van der Waals surface area contributed by atoms with E-state index in [1.807, 2.05) is 0 Å². The zero-order valence-corrected chi connectivity index (χ0v) is 12.0. The summed E-state index contributed by atoms with van der Waals surface area (Å²) in [6, 6.07) is 3.31. The second kappa shape index (κ2) is 6.70. The fourth-order valence-corrected chi connectivity index (χ4v) is 3.26. The standard InChI is InChI=1S/C13H18N4O2S/c14-7-4-5-12-6-8-15-13(11-12)16-20(18,19)17-9-2-1-3-10-17/h6,8,11H,1-3,7,9-10,14H2,(H,15,16). The number of rotatable bonds is 3. The maximum atomic E-state index is 12.2. The second-order valence-corrected chi connectivity index (χ2v) is 6.17. The van der Waals surface area contributed by atoms with Gasteiger partial charge in [0, 0.05) is 24.8 Å². The summed E-state index contributed by atoms with van der Waals surface area (Å²) in [6.45, 7) is 1.38. The van der Waals surface area contributed by atoms with Gasteiger partial charge < -0.3 is 5.73 Å². The molecule has 0 bridgehead atoms. The van der Waals surface area contributed by atoms with Crippen LogP contribution in [0.1, 0.15) is 24.8 Å². The minimum absolute atomic E-state index is 0.261. The number of hydrogen-bond donors (Lipinski definition) is 2. The molecule has 1 saturated heterocycles. The maximum absolute atomic E-state index is 12.2. The number of nitrogens with two attached hydrogens (primary N) is 1. The fraction of sp³-hybridized carbons (Fsp3) is 0.462. The van der Waals surface area contributed by atoms with Crippen LogP contribution in [0.3, 0.4) is 0 Å². The van der Waals surface area contributed by atoms with Crippen LogP contribution in [-0.4, -0.2) is 37.3 Å². The van der Waals surface area contributed by atoms with E-state index in [1.54, 1.807) is 12.1 Å². The average Bonchev–Trinajstić information content (AvgIpc) is 2.46. The lowest BCUT2D eigenvalue weighted by Gasteiger charge is -2.25. The number of piperidine rings is 1. The average molecular weight is 294 g/mol. The Balaban J connectivity index is 2.12. The Bertz CT molecular complexity index is 613. The Hall–Kier alpha value is -1.62. The number of nitrogens with zero attached hydrogens (tertiary/aromatic N) is 2. The highest BCUT2D eigenvalue weighted by Crippen LogP contribution is 2.15. The Morgan fingerprint density at radius 1 is 1.35 bits per heavy atom. The fourth-order valence-electron chi connectivity index (χ4n) is 2.02. The zero-order valence-electron chi connectivity index (χ0n) is 11.2. The summed E-state index contributed by atoms with van der Waals surface area (Å²) in [5, 5.41) is 0. The number of aromatic nitrogens is 1. The third kappa shape index (κ3) is 3.93. The minimum atomic E-state index is -3.53. The third-order valence-corrected chi connectivity index (χ3v) is 4.50. The lowest BCUT2D eigenvalue weighted by Crippen LogP contribution is -2.39. The SMILES string of the molecule is NCC#Cc1ccnc(NS(=O)(=O)N2CCCCC2)c1. The van der Waals surface area contributed by atoms with Gasteiger partial charge in [-0.15, -0.1) is 0 Å². The van der Waals surface area contributed by atoms with Crippen LogP contribution in [0, 0.1) is 11.8 Å². The third-order valence-electron chi connectivity index (χ3n) is 2.98. The molecule has 0 atom stereocenters. The van der Waals surface area contributed by atoms with Crippen molar-refractivity contribution in [1.82, 2.24) is 9.29 Å². The Labute approximate surface area is 119 Å². The summed E-state index contributed by atoms with van der Waals surface area (Å²) in [5.74, 6) is 5.84. The lowest BCUT2D eigenvalue weighted by molar-refractivity contribution is 0.349. The van der Waals surface area contributed by atoms with Gasteiger partial charge in [0.25, 0.3) is 0 Å². The van der Waals surface area contributed by atoms with Crippen LogP contribution in [-0.2, 0) is 10.2 Å². The van der Waals surface area contributed by atoms with Gasteiger partial charge in [-0.05, 0) is 25.0 Å². The highest BCUT2D eigenvalue weighted by molar-refractivity contribution is 7.90. The minimum Gasteiger partial charge on any atom is -0.320 e. The van der Waals surface area contributed by atoms with Gasteiger partial charge in [-0.1, -0.05) is 18.3 Å². The van der Waals surface area contributed by atoms with Gasteiger partial charge >= 0.3 is 10.2 Å². The van der Waals surface area contributed by atoms with Crippen molar-refractivity contribution in [1.29, 1.82) is 0 Å². The van der Waals surface area contributed by atoms with Gasteiger partial charge in [0.05, 0.1) is 6.54 Å². The zero-order chi connectivity index (χ0) is 14.4. The van der Waals surface area contributed by atoms with Gasteiger partial charge in [0.1, 0.15) is 5.82 Å². The molecule has 1 aliphatic rings. The van der Waals surface area contributed by atoms with E-state index >= 15 is 0 Å². The number of anilines is 1. The van der Waals surface area contributed by atoms with Crippen molar-refractivity contribution in [3.05, 3.63) is 23.9 Å². The van der Waals surface area contributed by atoms with E-state index in [4.69, 9.17) is 5.73 Å². The Morgan fingerprint density at radius 3 is 2.80 bits per heavy atom. The molecule has 0 aromatic carbocycles. The van der Waals surface area contributed by atoms with E-state index < -0.39 is 10.2 Å². The molecule has 0 aliphatic carbocycles. The molecule has 1 aromatic heterocycles. The van der Waals surface area contributed by atoms with E-state index in [0.29, 0.717) is 18.7 Å². The molecule has 0 unspecified atom stereocenters. The first-order chi connectivity index (χ1) is 9.62. The van der Waals surface area contributed by atoms with Gasteiger partial charge in [0.2, 0.25) is 0 Å². The van der Waals surface area contributed by atoms with Crippen LogP contribution in [0.15, 0.2) is 18.3 Å². The first-order valence-corrected chi connectivity index (χ1v) is 7.99. The largest absolute Gasteiger partial charge is 0.320 e. The summed E-state index contributed by atoms with van der Waals surface area (Å²) < 4.78 is 28.3. The van der Waals surface area contributed by atoms with Gasteiger partial charge in [-0.2, -0.15) is 12.7 Å². The Kier molecular flexibility index (Phi) is 4.95. The monoisotopic (exact) mass is 294 g/mol. The molecular formula is C13H18N4O2S. The van der Waals surface area contributed by atoms with Crippen LogP contribution < -0.4 is 10.5 Å². The van der Waals surface area contributed by atoms with E-state index in [9.17, 15) is 8.42 Å². The van der Waals surface area contributed by atoms with Crippen molar-refractivity contribution in [2.75, 3.05) is 24.4 Å². The number of hydrogen-bond acceptors (Lipinski definition) is 4. The van der Waals surface area contributed by atoms with Crippen molar-refractivity contribution in [3.63, 3.8) is 0 Å². The van der Waals surface area contributed by atoms with E-state index in [1.165, 1.54) is 10.5 Å². The van der Waals surface area contributed by atoms with Crippen molar-refractivity contribution in [2.24, 2.45) is 5.73 Å². The summed E-state index contributed by atoms with van der Waals surface area (Å²) in [5.41, 5.74) is 5.99. The molecular weight excluding hydrogens is 276 g/mol. The molecule has 7 heteroatoms. The molecule has 1 fully saturated rings. The molecule has 2 heterocycles. The van der Waals surface area contributed by atoms with Gasteiger partial charge in [-0.3, -0.25) is 4.72 Å². The van der Waals surface area contributed by atoms with Gasteiger partial charge in [-0.25, -0.2) is 4.98 Å². The molecule has 108 valence electrons. The van der Waals surface area contributed by atoms with E-state index in [2.05, 4.69) is 21.5 Å². The molecule has 0 saturated carbocycles. The quantitative estimate of drug-likeness (QED) is 0.796.